The van der Waals surface area contributed by atoms with Gasteiger partial charge in [0, 0.05) is 37.8 Å². The second-order valence-electron chi connectivity index (χ2n) is 7.14. The summed E-state index contributed by atoms with van der Waals surface area (Å²) in [5, 5.41) is 5.94. The monoisotopic (exact) mass is 405 g/mol. The van der Waals surface area contributed by atoms with Gasteiger partial charge in [-0.1, -0.05) is 29.6 Å². The van der Waals surface area contributed by atoms with Gasteiger partial charge in [-0.2, -0.15) is 0 Å². The Morgan fingerprint density at radius 2 is 2.14 bits per heavy atom. The molecule has 1 amide bonds. The van der Waals surface area contributed by atoms with Gasteiger partial charge in [0.15, 0.2) is 0 Å². The zero-order valence-corrected chi connectivity index (χ0v) is 17.7. The van der Waals surface area contributed by atoms with Gasteiger partial charge < -0.3 is 16.0 Å². The van der Waals surface area contributed by atoms with Crippen LogP contribution in [0.25, 0.3) is 0 Å². The molecule has 8 nitrogen and oxygen atoms in total. The van der Waals surface area contributed by atoms with Crippen molar-refractivity contribution in [1.82, 2.24) is 19.8 Å². The van der Waals surface area contributed by atoms with Crippen molar-refractivity contribution in [2.75, 3.05) is 37.7 Å². The van der Waals surface area contributed by atoms with Crippen molar-refractivity contribution in [2.45, 2.75) is 52.1 Å². The molecule has 29 heavy (non-hydrogen) atoms. The van der Waals surface area contributed by atoms with Crippen molar-refractivity contribution in [3.63, 3.8) is 0 Å². The molecule has 1 aromatic rings. The van der Waals surface area contributed by atoms with E-state index in [4.69, 9.17) is 5.73 Å². The molecule has 0 spiro atoms. The second kappa shape index (κ2) is 10.8. The van der Waals surface area contributed by atoms with Gasteiger partial charge in [-0.05, 0) is 33.2 Å². The fourth-order valence-corrected chi connectivity index (χ4v) is 3.27. The number of likely N-dealkylation sites (N-methyl/N-ethyl adjacent to an activating group) is 1. The highest BCUT2D eigenvalue weighted by molar-refractivity contribution is 6.06. The highest BCUT2D eigenvalue weighted by Gasteiger charge is 2.27. The summed E-state index contributed by atoms with van der Waals surface area (Å²) < 4.78 is 12.7. The summed E-state index contributed by atoms with van der Waals surface area (Å²) in [6, 6.07) is 0.688. The van der Waals surface area contributed by atoms with Crippen LogP contribution >= 0.6 is 0 Å². The lowest BCUT2D eigenvalue weighted by Gasteiger charge is -2.18. The van der Waals surface area contributed by atoms with Crippen LogP contribution in [-0.2, 0) is 4.79 Å². The Morgan fingerprint density at radius 3 is 2.79 bits per heavy atom. The first kappa shape index (κ1) is 22.7. The lowest BCUT2D eigenvalue weighted by atomic mass is 10.1. The Labute approximate surface area is 172 Å². The first-order chi connectivity index (χ1) is 14.0. The van der Waals surface area contributed by atoms with Gasteiger partial charge in [-0.3, -0.25) is 9.69 Å². The molecule has 1 aliphatic heterocycles. The third-order valence-corrected chi connectivity index (χ3v) is 5.03. The Kier molecular flexibility index (Phi) is 8.50. The SMILES string of the molecule is C/C(=N\F)c1c(N)ncnc1NC1CCN(C(=O)/C=C/CN(C)C2CC2)C1.CC. The molecule has 0 radical (unpaired) electrons. The highest BCUT2D eigenvalue weighted by Crippen LogP contribution is 2.25. The molecule has 1 aliphatic carbocycles. The molecule has 160 valence electrons. The van der Waals surface area contributed by atoms with E-state index in [1.165, 1.54) is 26.1 Å². The van der Waals surface area contributed by atoms with Gasteiger partial charge in [-0.25, -0.2) is 9.97 Å². The van der Waals surface area contributed by atoms with Crippen LogP contribution in [0.2, 0.25) is 0 Å². The number of carbonyl (C=O) groups is 1. The summed E-state index contributed by atoms with van der Waals surface area (Å²) in [5.41, 5.74) is 6.31. The minimum atomic E-state index is 0.00687. The van der Waals surface area contributed by atoms with Gasteiger partial charge in [0.2, 0.25) is 5.91 Å². The van der Waals surface area contributed by atoms with Crippen molar-refractivity contribution in [3.05, 3.63) is 24.0 Å². The molecule has 0 aromatic carbocycles. The van der Waals surface area contributed by atoms with E-state index in [0.717, 1.165) is 13.0 Å². The fourth-order valence-electron chi connectivity index (χ4n) is 3.27. The number of nitrogens with two attached hydrogens (primary N) is 1. The highest BCUT2D eigenvalue weighted by atomic mass is 19.2. The molecule has 2 aliphatic rings. The second-order valence-corrected chi connectivity index (χ2v) is 7.14. The van der Waals surface area contributed by atoms with E-state index in [-0.39, 0.29) is 23.5 Å². The van der Waals surface area contributed by atoms with E-state index in [0.29, 0.717) is 30.5 Å². The Bertz CT molecular complexity index is 748. The van der Waals surface area contributed by atoms with Gasteiger partial charge in [0.25, 0.3) is 0 Å². The first-order valence-corrected chi connectivity index (χ1v) is 10.2. The maximum absolute atomic E-state index is 12.7. The molecule has 2 heterocycles. The summed E-state index contributed by atoms with van der Waals surface area (Å²) >= 11 is 0. The van der Waals surface area contributed by atoms with Crippen molar-refractivity contribution in [1.29, 1.82) is 0 Å². The molecule has 1 saturated carbocycles. The number of carbonyl (C=O) groups excluding carboxylic acids is 1. The number of amides is 1. The van der Waals surface area contributed by atoms with Crippen LogP contribution in [0, 0.1) is 0 Å². The lowest BCUT2D eigenvalue weighted by Crippen LogP contribution is -2.31. The molecular weight excluding hydrogens is 373 g/mol. The van der Waals surface area contributed by atoms with Crippen molar-refractivity contribution in [2.24, 2.45) is 5.21 Å². The van der Waals surface area contributed by atoms with E-state index >= 15 is 0 Å². The van der Waals surface area contributed by atoms with Gasteiger partial charge in [0.05, 0.1) is 11.3 Å². The van der Waals surface area contributed by atoms with Crippen LogP contribution in [0.3, 0.4) is 0 Å². The van der Waals surface area contributed by atoms with Gasteiger partial charge in [-0.15, -0.1) is 0 Å². The fraction of sp³-hybridized carbons (Fsp3) is 0.600. The molecule has 0 bridgehead atoms. The molecule has 2 fully saturated rings. The zero-order valence-electron chi connectivity index (χ0n) is 17.7. The predicted octanol–water partition coefficient (Wildman–Crippen LogP) is 2.44. The third kappa shape index (κ3) is 6.22. The number of hydrogen-bond donors (Lipinski definition) is 2. The Balaban J connectivity index is 0.00000145. The summed E-state index contributed by atoms with van der Waals surface area (Å²) in [5.74, 6) is 0.606. The number of nitrogens with zero attached hydrogens (tertiary/aromatic N) is 5. The molecule has 1 unspecified atom stereocenters. The molecule has 1 aromatic heterocycles. The van der Waals surface area contributed by atoms with E-state index in [1.807, 2.05) is 19.9 Å². The number of nitrogen functional groups attached to an aromatic ring is 1. The summed E-state index contributed by atoms with van der Waals surface area (Å²) in [6.07, 6.45) is 8.17. The maximum atomic E-state index is 12.7. The molecule has 3 N–H and O–H groups in total. The van der Waals surface area contributed by atoms with E-state index in [1.54, 1.807) is 11.0 Å². The van der Waals surface area contributed by atoms with Crippen LogP contribution in [0.5, 0.6) is 0 Å². The van der Waals surface area contributed by atoms with E-state index < -0.39 is 0 Å². The molecule has 3 rings (SSSR count). The van der Waals surface area contributed by atoms with Crippen LogP contribution in [-0.4, -0.2) is 70.2 Å². The number of aromatic nitrogens is 2. The molecule has 1 atom stereocenters. The van der Waals surface area contributed by atoms with Crippen molar-refractivity contribution >= 4 is 23.3 Å². The molecular formula is C20H32FN7O. The summed E-state index contributed by atoms with van der Waals surface area (Å²) in [6.45, 7) is 7.51. The molecule has 9 heteroatoms. The third-order valence-electron chi connectivity index (χ3n) is 5.03. The number of hydrogen-bond acceptors (Lipinski definition) is 7. The number of nitrogens with one attached hydrogen (secondary N) is 1. The standard InChI is InChI=1S/C18H26FN7O.C2H6/c1-12(24-19)16-17(20)21-11-22-18(16)23-13-7-9-26(10-13)15(27)4-3-8-25(2)14-5-6-14;1-2/h3-4,11,13-14H,5-10H2,1-2H3,(H3,20,21,22,23);1-2H3/b4-3+,24-12+;. The largest absolute Gasteiger partial charge is 0.383 e. The number of likely N-dealkylation sites (tertiary alicyclic amines) is 1. The zero-order chi connectivity index (χ0) is 21.4. The smallest absolute Gasteiger partial charge is 0.246 e. The van der Waals surface area contributed by atoms with Crippen LogP contribution in [0.1, 0.15) is 45.6 Å². The van der Waals surface area contributed by atoms with Crippen LogP contribution in [0.4, 0.5) is 16.1 Å². The maximum Gasteiger partial charge on any atom is 0.246 e. The van der Waals surface area contributed by atoms with Crippen LogP contribution < -0.4 is 11.1 Å². The average Bonchev–Trinajstić information content (AvgIpc) is 3.48. The number of anilines is 2. The quantitative estimate of drug-likeness (QED) is 0.534. The minimum Gasteiger partial charge on any atom is -0.383 e. The van der Waals surface area contributed by atoms with E-state index in [2.05, 4.69) is 32.4 Å². The normalized spacial score (nSPS) is 19.4. The average molecular weight is 406 g/mol. The van der Waals surface area contributed by atoms with E-state index in [9.17, 15) is 9.28 Å². The number of halogens is 1. The lowest BCUT2D eigenvalue weighted by molar-refractivity contribution is -0.125. The van der Waals surface area contributed by atoms with Crippen LogP contribution in [0.15, 0.2) is 23.7 Å². The molecule has 1 saturated heterocycles. The Hall–Kier alpha value is -2.55. The minimum absolute atomic E-state index is 0.00687. The number of rotatable bonds is 7. The Morgan fingerprint density at radius 1 is 1.41 bits per heavy atom. The topological polar surface area (TPSA) is 99.7 Å². The predicted molar refractivity (Wildman–Crippen MR) is 115 cm³/mol. The van der Waals surface area contributed by atoms with Crippen molar-refractivity contribution in [3.8, 4) is 0 Å². The summed E-state index contributed by atoms with van der Waals surface area (Å²) in [7, 11) is 2.08. The van der Waals surface area contributed by atoms with Crippen molar-refractivity contribution < 1.29 is 9.28 Å². The van der Waals surface area contributed by atoms with Gasteiger partial charge >= 0.3 is 0 Å². The first-order valence-electron chi connectivity index (χ1n) is 10.2. The summed E-state index contributed by atoms with van der Waals surface area (Å²) in [4.78, 5) is 24.5. The van der Waals surface area contributed by atoms with Gasteiger partial charge in [0.1, 0.15) is 18.0 Å².